The summed E-state index contributed by atoms with van der Waals surface area (Å²) in [5, 5.41) is 2.31. The molecule has 2 aromatic carbocycles. The molecule has 0 saturated carbocycles. The summed E-state index contributed by atoms with van der Waals surface area (Å²) in [6.07, 6.45) is 3.52. The number of benzene rings is 2. The van der Waals surface area contributed by atoms with Crippen molar-refractivity contribution >= 4 is 10.8 Å². The van der Waals surface area contributed by atoms with Crippen molar-refractivity contribution in [2.45, 2.75) is 6.61 Å². The molecule has 0 unspecified atom stereocenters. The molecule has 3 heteroatoms. The van der Waals surface area contributed by atoms with Gasteiger partial charge in [-0.15, -0.1) is 0 Å². The second-order valence-corrected chi connectivity index (χ2v) is 3.80. The SMILES string of the molecule is c1ccc2c(OCc3ncc[nH]3)cccc2c1. The van der Waals surface area contributed by atoms with E-state index in [1.807, 2.05) is 24.3 Å². The molecule has 0 saturated heterocycles. The quantitative estimate of drug-likeness (QED) is 0.742. The highest BCUT2D eigenvalue weighted by Gasteiger charge is 2.02. The molecule has 0 aliphatic rings. The predicted molar refractivity (Wildman–Crippen MR) is 66.9 cm³/mol. The fourth-order valence-corrected chi connectivity index (χ4v) is 1.84. The number of hydrogen-bond donors (Lipinski definition) is 1. The minimum absolute atomic E-state index is 0.459. The molecule has 0 radical (unpaired) electrons. The molecule has 3 aromatic rings. The Bertz CT molecular complexity index is 612. The maximum atomic E-state index is 5.77. The Morgan fingerprint density at radius 1 is 1.06 bits per heavy atom. The van der Waals surface area contributed by atoms with Crippen LogP contribution in [0.1, 0.15) is 5.82 Å². The van der Waals surface area contributed by atoms with E-state index in [-0.39, 0.29) is 0 Å². The van der Waals surface area contributed by atoms with Crippen LogP contribution in [0.3, 0.4) is 0 Å². The van der Waals surface area contributed by atoms with Crippen LogP contribution in [0, 0.1) is 0 Å². The van der Waals surface area contributed by atoms with E-state index in [1.165, 1.54) is 5.39 Å². The van der Waals surface area contributed by atoms with Crippen molar-refractivity contribution in [1.29, 1.82) is 0 Å². The summed E-state index contributed by atoms with van der Waals surface area (Å²) < 4.78 is 5.77. The monoisotopic (exact) mass is 224 g/mol. The number of aromatic amines is 1. The number of H-pyrrole nitrogens is 1. The molecule has 1 aromatic heterocycles. The van der Waals surface area contributed by atoms with Crippen LogP contribution in [-0.4, -0.2) is 9.97 Å². The van der Waals surface area contributed by atoms with Gasteiger partial charge in [0.1, 0.15) is 18.2 Å². The largest absolute Gasteiger partial charge is 0.485 e. The molecule has 0 spiro atoms. The summed E-state index contributed by atoms with van der Waals surface area (Å²) in [6.45, 7) is 0.459. The summed E-state index contributed by atoms with van der Waals surface area (Å²) in [4.78, 5) is 7.15. The Morgan fingerprint density at radius 2 is 1.94 bits per heavy atom. The van der Waals surface area contributed by atoms with E-state index in [2.05, 4.69) is 28.2 Å². The summed E-state index contributed by atoms with van der Waals surface area (Å²) in [6, 6.07) is 14.2. The van der Waals surface area contributed by atoms with Gasteiger partial charge in [-0.3, -0.25) is 0 Å². The summed E-state index contributed by atoms with van der Waals surface area (Å²) in [5.41, 5.74) is 0. The Labute approximate surface area is 99.1 Å². The zero-order valence-electron chi connectivity index (χ0n) is 9.26. The normalized spacial score (nSPS) is 10.6. The zero-order valence-corrected chi connectivity index (χ0v) is 9.26. The van der Waals surface area contributed by atoms with Crippen molar-refractivity contribution in [1.82, 2.24) is 9.97 Å². The van der Waals surface area contributed by atoms with Crippen LogP contribution in [0.2, 0.25) is 0 Å². The zero-order chi connectivity index (χ0) is 11.5. The molecular formula is C14H12N2O. The molecule has 0 amide bonds. The van der Waals surface area contributed by atoms with E-state index in [9.17, 15) is 0 Å². The molecule has 1 heterocycles. The first-order chi connectivity index (χ1) is 8.43. The fraction of sp³-hybridized carbons (Fsp3) is 0.0714. The number of hydrogen-bond acceptors (Lipinski definition) is 2. The first-order valence-corrected chi connectivity index (χ1v) is 5.52. The molecule has 0 aliphatic heterocycles. The molecule has 0 fully saturated rings. The van der Waals surface area contributed by atoms with E-state index in [1.54, 1.807) is 12.4 Å². The van der Waals surface area contributed by atoms with Crippen LogP contribution in [0.15, 0.2) is 54.9 Å². The van der Waals surface area contributed by atoms with E-state index in [0.29, 0.717) is 6.61 Å². The number of imidazole rings is 1. The molecule has 0 aliphatic carbocycles. The van der Waals surface area contributed by atoms with E-state index < -0.39 is 0 Å². The van der Waals surface area contributed by atoms with Crippen molar-refractivity contribution in [2.24, 2.45) is 0 Å². The molecule has 3 nitrogen and oxygen atoms in total. The maximum absolute atomic E-state index is 5.77. The lowest BCUT2D eigenvalue weighted by atomic mass is 10.1. The van der Waals surface area contributed by atoms with Crippen LogP contribution in [0.5, 0.6) is 5.75 Å². The average Bonchev–Trinajstić information content (AvgIpc) is 2.89. The van der Waals surface area contributed by atoms with Crippen LogP contribution < -0.4 is 4.74 Å². The van der Waals surface area contributed by atoms with Crippen molar-refractivity contribution < 1.29 is 4.74 Å². The van der Waals surface area contributed by atoms with Gasteiger partial charge < -0.3 is 9.72 Å². The summed E-state index contributed by atoms with van der Waals surface area (Å²) in [7, 11) is 0. The van der Waals surface area contributed by atoms with Crippen LogP contribution >= 0.6 is 0 Å². The second kappa shape index (κ2) is 4.29. The van der Waals surface area contributed by atoms with Gasteiger partial charge in [0, 0.05) is 17.8 Å². The number of aromatic nitrogens is 2. The third-order valence-corrected chi connectivity index (χ3v) is 2.67. The molecule has 17 heavy (non-hydrogen) atoms. The Hall–Kier alpha value is -2.29. The lowest BCUT2D eigenvalue weighted by molar-refractivity contribution is 0.301. The van der Waals surface area contributed by atoms with Crippen LogP contribution in [0.4, 0.5) is 0 Å². The smallest absolute Gasteiger partial charge is 0.146 e. The Morgan fingerprint density at radius 3 is 2.82 bits per heavy atom. The topological polar surface area (TPSA) is 37.9 Å². The van der Waals surface area contributed by atoms with Crippen molar-refractivity contribution in [3.8, 4) is 5.75 Å². The van der Waals surface area contributed by atoms with Crippen LogP contribution in [0.25, 0.3) is 10.8 Å². The fourth-order valence-electron chi connectivity index (χ4n) is 1.84. The van der Waals surface area contributed by atoms with Crippen molar-refractivity contribution in [3.05, 3.63) is 60.7 Å². The third kappa shape index (κ3) is 1.99. The van der Waals surface area contributed by atoms with Gasteiger partial charge in [-0.2, -0.15) is 0 Å². The lowest BCUT2D eigenvalue weighted by Crippen LogP contribution is -1.97. The van der Waals surface area contributed by atoms with Gasteiger partial charge in [0.15, 0.2) is 0 Å². The summed E-state index contributed by atoms with van der Waals surface area (Å²) >= 11 is 0. The highest BCUT2D eigenvalue weighted by molar-refractivity contribution is 5.88. The predicted octanol–water partition coefficient (Wildman–Crippen LogP) is 3.14. The maximum Gasteiger partial charge on any atom is 0.146 e. The van der Waals surface area contributed by atoms with Gasteiger partial charge in [0.25, 0.3) is 0 Å². The molecule has 84 valence electrons. The molecule has 0 atom stereocenters. The van der Waals surface area contributed by atoms with Crippen molar-refractivity contribution in [2.75, 3.05) is 0 Å². The molecular weight excluding hydrogens is 212 g/mol. The average molecular weight is 224 g/mol. The summed E-state index contributed by atoms with van der Waals surface area (Å²) in [5.74, 6) is 1.72. The lowest BCUT2D eigenvalue weighted by Gasteiger charge is -2.07. The first-order valence-electron chi connectivity index (χ1n) is 5.52. The van der Waals surface area contributed by atoms with Crippen LogP contribution in [-0.2, 0) is 6.61 Å². The number of rotatable bonds is 3. The standard InChI is InChI=1S/C14H12N2O/c1-2-6-12-11(4-1)5-3-7-13(12)17-10-14-15-8-9-16-14/h1-9H,10H2,(H,15,16). The minimum atomic E-state index is 0.459. The first kappa shape index (κ1) is 9.90. The number of nitrogens with one attached hydrogen (secondary N) is 1. The van der Waals surface area contributed by atoms with Gasteiger partial charge in [-0.05, 0) is 11.5 Å². The Kier molecular flexibility index (Phi) is 2.50. The molecule has 0 bridgehead atoms. The number of nitrogens with zero attached hydrogens (tertiary/aromatic N) is 1. The molecule has 1 N–H and O–H groups in total. The van der Waals surface area contributed by atoms with Gasteiger partial charge in [-0.25, -0.2) is 4.98 Å². The van der Waals surface area contributed by atoms with Gasteiger partial charge >= 0.3 is 0 Å². The van der Waals surface area contributed by atoms with Gasteiger partial charge in [0.2, 0.25) is 0 Å². The highest BCUT2D eigenvalue weighted by Crippen LogP contribution is 2.25. The van der Waals surface area contributed by atoms with Crippen molar-refractivity contribution in [3.63, 3.8) is 0 Å². The molecule has 3 rings (SSSR count). The van der Waals surface area contributed by atoms with Gasteiger partial charge in [-0.1, -0.05) is 36.4 Å². The van der Waals surface area contributed by atoms with E-state index in [0.717, 1.165) is 17.0 Å². The second-order valence-electron chi connectivity index (χ2n) is 3.80. The van der Waals surface area contributed by atoms with E-state index in [4.69, 9.17) is 4.74 Å². The number of fused-ring (bicyclic) bond motifs is 1. The van der Waals surface area contributed by atoms with E-state index >= 15 is 0 Å². The highest BCUT2D eigenvalue weighted by atomic mass is 16.5. The minimum Gasteiger partial charge on any atom is -0.485 e. The Balaban J connectivity index is 1.90. The van der Waals surface area contributed by atoms with Gasteiger partial charge in [0.05, 0.1) is 0 Å². The third-order valence-electron chi connectivity index (χ3n) is 2.67. The number of ether oxygens (including phenoxy) is 1.